The lowest BCUT2D eigenvalue weighted by Crippen LogP contribution is -2.53. The monoisotopic (exact) mass is 459 g/mol. The molecule has 1 aliphatic rings. The zero-order valence-electron chi connectivity index (χ0n) is 18.6. The van der Waals surface area contributed by atoms with Gasteiger partial charge in [0.05, 0.1) is 37.4 Å². The number of nitrogens with one attached hydrogen (secondary N) is 3. The number of carbonyl (C=O) groups excluding carboxylic acids is 1. The van der Waals surface area contributed by atoms with E-state index in [0.717, 1.165) is 11.6 Å². The number of likely N-dealkylation sites (N-methyl/N-ethyl adjacent to an activating group) is 1. The van der Waals surface area contributed by atoms with Gasteiger partial charge in [-0.25, -0.2) is 8.78 Å². The largest absolute Gasteiger partial charge is 0.390 e. The van der Waals surface area contributed by atoms with Crippen LogP contribution in [-0.4, -0.2) is 56.0 Å². The van der Waals surface area contributed by atoms with Crippen LogP contribution in [0.3, 0.4) is 0 Å². The molecule has 1 heterocycles. The SMILES string of the molecule is CN[C@H]1CC=CCOC[C@@H](c2ccccc2)NC[C@@H](O)[C@H](Cc2cc(F)cc(F)c2)NC1=O. The van der Waals surface area contributed by atoms with Crippen LogP contribution < -0.4 is 16.0 Å². The van der Waals surface area contributed by atoms with Crippen LogP contribution in [0.15, 0.2) is 60.7 Å². The number of aliphatic hydroxyl groups is 1. The molecule has 0 saturated heterocycles. The molecule has 0 radical (unpaired) electrons. The predicted molar refractivity (Wildman–Crippen MR) is 123 cm³/mol. The first-order chi connectivity index (χ1) is 16.0. The average molecular weight is 460 g/mol. The first-order valence-electron chi connectivity index (χ1n) is 11.1. The summed E-state index contributed by atoms with van der Waals surface area (Å²) in [6.45, 7) is 0.938. The van der Waals surface area contributed by atoms with Gasteiger partial charge in [0.15, 0.2) is 0 Å². The summed E-state index contributed by atoms with van der Waals surface area (Å²) in [6.07, 6.45) is 3.23. The summed E-state index contributed by atoms with van der Waals surface area (Å²) in [5.74, 6) is -1.71. The summed E-state index contributed by atoms with van der Waals surface area (Å²) < 4.78 is 33.2. The number of carbonyl (C=O) groups is 1. The van der Waals surface area contributed by atoms with Crippen LogP contribution in [0, 0.1) is 11.6 Å². The second-order valence-electron chi connectivity index (χ2n) is 8.12. The second kappa shape index (κ2) is 12.6. The van der Waals surface area contributed by atoms with E-state index in [1.54, 1.807) is 7.05 Å². The molecule has 8 heteroatoms. The van der Waals surface area contributed by atoms with Crippen molar-refractivity contribution in [1.29, 1.82) is 0 Å². The summed E-state index contributed by atoms with van der Waals surface area (Å²) in [5.41, 5.74) is 1.35. The molecule has 0 unspecified atom stereocenters. The highest BCUT2D eigenvalue weighted by atomic mass is 19.1. The highest BCUT2D eigenvalue weighted by Gasteiger charge is 2.26. The molecule has 0 aromatic heterocycles. The van der Waals surface area contributed by atoms with E-state index in [-0.39, 0.29) is 24.9 Å². The molecule has 0 fully saturated rings. The van der Waals surface area contributed by atoms with Gasteiger partial charge in [0.25, 0.3) is 0 Å². The van der Waals surface area contributed by atoms with Crippen LogP contribution >= 0.6 is 0 Å². The minimum absolute atomic E-state index is 0.0715. The third-order valence-corrected chi connectivity index (χ3v) is 5.65. The van der Waals surface area contributed by atoms with Gasteiger partial charge in [-0.15, -0.1) is 0 Å². The molecule has 33 heavy (non-hydrogen) atoms. The zero-order chi connectivity index (χ0) is 23.6. The number of hydrogen-bond acceptors (Lipinski definition) is 5. The molecule has 1 amide bonds. The highest BCUT2D eigenvalue weighted by molar-refractivity contribution is 5.82. The van der Waals surface area contributed by atoms with Crippen molar-refractivity contribution in [2.24, 2.45) is 0 Å². The number of β-amino-alcohol motifs (C(OH)–C–C–N with tert-alkyl or cyclic N) is 1. The maximum Gasteiger partial charge on any atom is 0.237 e. The van der Waals surface area contributed by atoms with Crippen molar-refractivity contribution in [3.8, 4) is 0 Å². The third-order valence-electron chi connectivity index (χ3n) is 5.65. The summed E-state index contributed by atoms with van der Waals surface area (Å²) in [4.78, 5) is 12.9. The van der Waals surface area contributed by atoms with Crippen molar-refractivity contribution in [2.45, 2.75) is 37.1 Å². The van der Waals surface area contributed by atoms with Crippen LogP contribution in [0.4, 0.5) is 8.78 Å². The Morgan fingerprint density at radius 1 is 1.12 bits per heavy atom. The van der Waals surface area contributed by atoms with Crippen LogP contribution in [0.2, 0.25) is 0 Å². The number of rotatable bonds is 4. The summed E-state index contributed by atoms with van der Waals surface area (Å²) >= 11 is 0. The average Bonchev–Trinajstić information content (AvgIpc) is 2.79. The lowest BCUT2D eigenvalue weighted by atomic mass is 9.99. The van der Waals surface area contributed by atoms with Gasteiger partial charge < -0.3 is 25.8 Å². The van der Waals surface area contributed by atoms with E-state index < -0.39 is 29.8 Å². The van der Waals surface area contributed by atoms with Crippen LogP contribution in [-0.2, 0) is 16.0 Å². The van der Waals surface area contributed by atoms with E-state index in [0.29, 0.717) is 25.2 Å². The van der Waals surface area contributed by atoms with Gasteiger partial charge in [-0.2, -0.15) is 0 Å². The zero-order valence-corrected chi connectivity index (χ0v) is 18.6. The highest BCUT2D eigenvalue weighted by Crippen LogP contribution is 2.16. The Morgan fingerprint density at radius 2 is 1.85 bits per heavy atom. The lowest BCUT2D eigenvalue weighted by molar-refractivity contribution is -0.124. The molecule has 0 spiro atoms. The molecule has 2 aromatic carbocycles. The maximum atomic E-state index is 13.7. The summed E-state index contributed by atoms with van der Waals surface area (Å²) in [7, 11) is 1.68. The van der Waals surface area contributed by atoms with Gasteiger partial charge in [0.2, 0.25) is 5.91 Å². The smallest absolute Gasteiger partial charge is 0.237 e. The van der Waals surface area contributed by atoms with E-state index in [1.807, 2.05) is 42.5 Å². The van der Waals surface area contributed by atoms with Crippen molar-refractivity contribution in [1.82, 2.24) is 16.0 Å². The Labute approximate surface area is 193 Å². The number of hydrogen-bond donors (Lipinski definition) is 4. The van der Waals surface area contributed by atoms with Crippen molar-refractivity contribution in [2.75, 3.05) is 26.8 Å². The molecule has 6 nitrogen and oxygen atoms in total. The molecule has 178 valence electrons. The first kappa shape index (κ1) is 25.0. The van der Waals surface area contributed by atoms with Crippen molar-refractivity contribution >= 4 is 5.91 Å². The summed E-state index contributed by atoms with van der Waals surface area (Å²) in [6, 6.07) is 11.5. The molecule has 0 aliphatic carbocycles. The molecule has 0 saturated carbocycles. The van der Waals surface area contributed by atoms with Crippen LogP contribution in [0.1, 0.15) is 23.6 Å². The predicted octanol–water partition coefficient (Wildman–Crippen LogP) is 2.25. The Bertz CT molecular complexity index is 906. The molecule has 3 rings (SSSR count). The molecule has 0 bridgehead atoms. The number of amides is 1. The topological polar surface area (TPSA) is 82.6 Å². The van der Waals surface area contributed by atoms with E-state index in [1.165, 1.54) is 12.1 Å². The Morgan fingerprint density at radius 3 is 2.55 bits per heavy atom. The van der Waals surface area contributed by atoms with Crippen LogP contribution in [0.5, 0.6) is 0 Å². The summed E-state index contributed by atoms with van der Waals surface area (Å²) in [5, 5.41) is 20.1. The molecule has 4 N–H and O–H groups in total. The Balaban J connectivity index is 1.83. The van der Waals surface area contributed by atoms with E-state index in [4.69, 9.17) is 4.74 Å². The van der Waals surface area contributed by atoms with Gasteiger partial charge >= 0.3 is 0 Å². The number of ether oxygens (including phenoxy) is 1. The molecule has 1 aliphatic heterocycles. The third kappa shape index (κ3) is 7.71. The molecule has 4 atom stereocenters. The van der Waals surface area contributed by atoms with Crippen LogP contribution in [0.25, 0.3) is 0 Å². The van der Waals surface area contributed by atoms with Gasteiger partial charge in [0.1, 0.15) is 11.6 Å². The van der Waals surface area contributed by atoms with Gasteiger partial charge in [0, 0.05) is 12.6 Å². The molecular weight excluding hydrogens is 428 g/mol. The minimum Gasteiger partial charge on any atom is -0.390 e. The second-order valence-corrected chi connectivity index (χ2v) is 8.12. The Kier molecular flexibility index (Phi) is 9.50. The fourth-order valence-corrected chi connectivity index (χ4v) is 3.82. The number of aliphatic hydroxyl groups excluding tert-OH is 1. The Hall–Kier alpha value is -2.65. The van der Waals surface area contributed by atoms with Gasteiger partial charge in [-0.3, -0.25) is 4.79 Å². The van der Waals surface area contributed by atoms with Gasteiger partial charge in [-0.1, -0.05) is 42.5 Å². The first-order valence-corrected chi connectivity index (χ1v) is 11.1. The number of benzene rings is 2. The lowest BCUT2D eigenvalue weighted by Gasteiger charge is -2.29. The van der Waals surface area contributed by atoms with Gasteiger partial charge in [-0.05, 0) is 43.1 Å². The van der Waals surface area contributed by atoms with E-state index in [9.17, 15) is 18.7 Å². The number of halogens is 2. The maximum absolute atomic E-state index is 13.7. The van der Waals surface area contributed by atoms with Crippen molar-refractivity contribution in [3.05, 3.63) is 83.4 Å². The molecular formula is C25H31F2N3O3. The molecule has 2 aromatic rings. The van der Waals surface area contributed by atoms with Crippen molar-refractivity contribution in [3.63, 3.8) is 0 Å². The fourth-order valence-electron chi connectivity index (χ4n) is 3.82. The standard InChI is InChI=1S/C25H31F2N3O3/c1-28-21-9-5-6-10-33-16-23(18-7-3-2-4-8-18)29-15-24(31)22(30-25(21)32)13-17-11-19(26)14-20(27)12-17/h2-8,11-12,14,21-24,28-29,31H,9-10,13,15-16H2,1H3,(H,30,32)/t21-,22-,23-,24+/m0/s1. The normalized spacial score (nSPS) is 25.3. The van der Waals surface area contributed by atoms with Crippen molar-refractivity contribution < 1.29 is 23.4 Å². The minimum atomic E-state index is -1.01. The van der Waals surface area contributed by atoms with E-state index >= 15 is 0 Å². The van der Waals surface area contributed by atoms with E-state index in [2.05, 4.69) is 16.0 Å². The quantitative estimate of drug-likeness (QED) is 0.528. The fraction of sp³-hybridized carbons (Fsp3) is 0.400.